The highest BCUT2D eigenvalue weighted by molar-refractivity contribution is 5.70. The fourth-order valence-corrected chi connectivity index (χ4v) is 1.64. The number of hydrogen-bond donors (Lipinski definition) is 1. The third-order valence-electron chi connectivity index (χ3n) is 2.49. The zero-order chi connectivity index (χ0) is 11.5. The Morgan fingerprint density at radius 3 is 2.88 bits per heavy atom. The Hall–Kier alpha value is -1.81. The van der Waals surface area contributed by atoms with Gasteiger partial charge in [0.05, 0.1) is 12.9 Å². The molecule has 0 atom stereocenters. The van der Waals surface area contributed by atoms with Crippen LogP contribution in [0.5, 0.6) is 0 Å². The number of nitrogens with zero attached hydrogens (tertiary/aromatic N) is 2. The first-order valence-corrected chi connectivity index (χ1v) is 5.07. The molecule has 0 aliphatic carbocycles. The van der Waals surface area contributed by atoms with Crippen LogP contribution >= 0.6 is 0 Å². The molecule has 0 radical (unpaired) electrons. The normalized spacial score (nSPS) is 10.6. The molecule has 16 heavy (non-hydrogen) atoms. The van der Waals surface area contributed by atoms with Crippen molar-refractivity contribution in [1.82, 2.24) is 9.55 Å². The van der Waals surface area contributed by atoms with Gasteiger partial charge in [0, 0.05) is 19.7 Å². The Labute approximate surface area is 94.7 Å². The van der Waals surface area contributed by atoms with Crippen LogP contribution in [0.2, 0.25) is 0 Å². The van der Waals surface area contributed by atoms with Gasteiger partial charge in [-0.25, -0.2) is 4.98 Å². The average Bonchev–Trinajstić information content (AvgIpc) is 2.61. The molecule has 4 heteroatoms. The maximum absolute atomic E-state index is 5.93. The second-order valence-corrected chi connectivity index (χ2v) is 3.72. The summed E-state index contributed by atoms with van der Waals surface area (Å²) in [6.07, 6.45) is 1.72. The first kappa shape index (κ1) is 10.7. The van der Waals surface area contributed by atoms with Crippen LogP contribution in [-0.4, -0.2) is 16.7 Å². The highest BCUT2D eigenvalue weighted by atomic mass is 16.5. The summed E-state index contributed by atoms with van der Waals surface area (Å²) < 4.78 is 6.90. The molecule has 0 amide bonds. The summed E-state index contributed by atoms with van der Waals surface area (Å²) in [5.74, 6) is 0.676. The van der Waals surface area contributed by atoms with Crippen molar-refractivity contribution < 1.29 is 4.74 Å². The predicted molar refractivity (Wildman–Crippen MR) is 63.8 cm³/mol. The lowest BCUT2D eigenvalue weighted by Crippen LogP contribution is -1.96. The maximum atomic E-state index is 5.93. The Kier molecular flexibility index (Phi) is 2.92. The third-order valence-corrected chi connectivity index (χ3v) is 2.49. The van der Waals surface area contributed by atoms with E-state index in [4.69, 9.17) is 10.5 Å². The molecule has 1 aromatic heterocycles. The molecule has 0 aliphatic rings. The predicted octanol–water partition coefficient (Wildman–Crippen LogP) is 1.82. The number of ether oxygens (including phenoxy) is 1. The molecule has 0 aliphatic heterocycles. The number of rotatable bonds is 3. The van der Waals surface area contributed by atoms with E-state index < -0.39 is 0 Å². The number of methoxy groups -OCH3 is 1. The van der Waals surface area contributed by atoms with Crippen LogP contribution in [0.4, 0.5) is 5.82 Å². The molecular formula is C12H15N3O. The summed E-state index contributed by atoms with van der Waals surface area (Å²) in [5, 5.41) is 0. The highest BCUT2D eigenvalue weighted by Gasteiger charge is 2.07. The zero-order valence-electron chi connectivity index (χ0n) is 9.47. The molecule has 0 unspecified atom stereocenters. The third kappa shape index (κ3) is 1.92. The second-order valence-electron chi connectivity index (χ2n) is 3.72. The van der Waals surface area contributed by atoms with Crippen molar-refractivity contribution in [2.75, 3.05) is 12.8 Å². The number of aryl methyl sites for hydroxylation is 1. The smallest absolute Gasteiger partial charge is 0.131 e. The van der Waals surface area contributed by atoms with Gasteiger partial charge in [0.2, 0.25) is 0 Å². The zero-order valence-corrected chi connectivity index (χ0v) is 9.47. The van der Waals surface area contributed by atoms with Crippen molar-refractivity contribution in [3.05, 3.63) is 36.2 Å². The Morgan fingerprint density at radius 2 is 2.25 bits per heavy atom. The van der Waals surface area contributed by atoms with E-state index in [1.165, 1.54) is 0 Å². The summed E-state index contributed by atoms with van der Waals surface area (Å²) in [4.78, 5) is 4.28. The highest BCUT2D eigenvalue weighted by Crippen LogP contribution is 2.24. The summed E-state index contributed by atoms with van der Waals surface area (Å²) in [6, 6.07) is 8.05. The van der Waals surface area contributed by atoms with Gasteiger partial charge >= 0.3 is 0 Å². The number of nitrogen functional groups attached to an aromatic ring is 1. The van der Waals surface area contributed by atoms with Gasteiger partial charge < -0.3 is 15.0 Å². The van der Waals surface area contributed by atoms with E-state index in [1.807, 2.05) is 31.3 Å². The number of nitrogens with two attached hydrogens (primary N) is 1. The minimum atomic E-state index is 0.598. The minimum absolute atomic E-state index is 0.598. The van der Waals surface area contributed by atoms with Crippen molar-refractivity contribution in [2.45, 2.75) is 6.61 Å². The van der Waals surface area contributed by atoms with Crippen molar-refractivity contribution in [3.8, 4) is 11.3 Å². The molecule has 1 heterocycles. The summed E-state index contributed by atoms with van der Waals surface area (Å²) in [6.45, 7) is 0.598. The lowest BCUT2D eigenvalue weighted by atomic mass is 10.1. The summed E-state index contributed by atoms with van der Waals surface area (Å²) in [7, 11) is 3.56. The molecular weight excluding hydrogens is 202 g/mol. The molecule has 0 saturated carbocycles. The first-order chi connectivity index (χ1) is 7.72. The summed E-state index contributed by atoms with van der Waals surface area (Å²) >= 11 is 0. The van der Waals surface area contributed by atoms with E-state index in [0.29, 0.717) is 12.4 Å². The molecule has 84 valence electrons. The van der Waals surface area contributed by atoms with Crippen LogP contribution in [0, 0.1) is 0 Å². The molecule has 1 aromatic carbocycles. The molecule has 2 N–H and O–H groups in total. The Morgan fingerprint density at radius 1 is 1.44 bits per heavy atom. The standard InChI is InChI=1S/C12H15N3O/c1-15-8-14-11(12(15)13)10-5-3-4-9(6-10)7-16-2/h3-6,8H,7,13H2,1-2H3. The number of imidazole rings is 1. The average molecular weight is 217 g/mol. The second kappa shape index (κ2) is 4.37. The monoisotopic (exact) mass is 217 g/mol. The van der Waals surface area contributed by atoms with Gasteiger partial charge in [-0.05, 0) is 11.6 Å². The largest absolute Gasteiger partial charge is 0.383 e. The SMILES string of the molecule is COCc1cccc(-c2ncn(C)c2N)c1. The Balaban J connectivity index is 2.40. The van der Waals surface area contributed by atoms with Crippen LogP contribution < -0.4 is 5.73 Å². The van der Waals surface area contributed by atoms with Crippen molar-refractivity contribution >= 4 is 5.82 Å². The topological polar surface area (TPSA) is 53.1 Å². The van der Waals surface area contributed by atoms with Crippen LogP contribution in [0.3, 0.4) is 0 Å². The van der Waals surface area contributed by atoms with E-state index in [9.17, 15) is 0 Å². The van der Waals surface area contributed by atoms with Gasteiger partial charge in [-0.15, -0.1) is 0 Å². The van der Waals surface area contributed by atoms with Crippen LogP contribution in [-0.2, 0) is 18.4 Å². The van der Waals surface area contributed by atoms with Gasteiger partial charge in [-0.2, -0.15) is 0 Å². The number of benzene rings is 1. The Bertz CT molecular complexity index is 491. The van der Waals surface area contributed by atoms with Gasteiger partial charge in [0.25, 0.3) is 0 Å². The molecule has 2 aromatic rings. The molecule has 0 spiro atoms. The van der Waals surface area contributed by atoms with Gasteiger partial charge in [0.15, 0.2) is 0 Å². The van der Waals surface area contributed by atoms with Crippen LogP contribution in [0.25, 0.3) is 11.3 Å². The quantitative estimate of drug-likeness (QED) is 0.853. The summed E-state index contributed by atoms with van der Waals surface area (Å²) in [5.41, 5.74) is 8.88. The van der Waals surface area contributed by atoms with E-state index in [1.54, 1.807) is 18.0 Å². The lowest BCUT2D eigenvalue weighted by Gasteiger charge is -2.03. The molecule has 0 fully saturated rings. The fraction of sp³-hybridized carbons (Fsp3) is 0.250. The van der Waals surface area contributed by atoms with E-state index >= 15 is 0 Å². The maximum Gasteiger partial charge on any atom is 0.131 e. The van der Waals surface area contributed by atoms with Crippen molar-refractivity contribution in [2.24, 2.45) is 7.05 Å². The fourth-order valence-electron chi connectivity index (χ4n) is 1.64. The van der Waals surface area contributed by atoms with E-state index in [2.05, 4.69) is 4.98 Å². The number of hydrogen-bond acceptors (Lipinski definition) is 3. The first-order valence-electron chi connectivity index (χ1n) is 5.07. The molecule has 0 bridgehead atoms. The van der Waals surface area contributed by atoms with Crippen molar-refractivity contribution in [1.29, 1.82) is 0 Å². The van der Waals surface area contributed by atoms with Gasteiger partial charge in [-0.1, -0.05) is 18.2 Å². The molecule has 4 nitrogen and oxygen atoms in total. The van der Waals surface area contributed by atoms with Gasteiger partial charge in [0.1, 0.15) is 11.5 Å². The minimum Gasteiger partial charge on any atom is -0.383 e. The van der Waals surface area contributed by atoms with Crippen LogP contribution in [0.1, 0.15) is 5.56 Å². The number of aromatic nitrogens is 2. The van der Waals surface area contributed by atoms with E-state index in [-0.39, 0.29) is 0 Å². The van der Waals surface area contributed by atoms with E-state index in [0.717, 1.165) is 16.8 Å². The lowest BCUT2D eigenvalue weighted by molar-refractivity contribution is 0.185. The van der Waals surface area contributed by atoms with Gasteiger partial charge in [-0.3, -0.25) is 0 Å². The van der Waals surface area contributed by atoms with Crippen LogP contribution in [0.15, 0.2) is 30.6 Å². The van der Waals surface area contributed by atoms with Crippen molar-refractivity contribution in [3.63, 3.8) is 0 Å². The molecule has 2 rings (SSSR count). The number of anilines is 1. The molecule has 0 saturated heterocycles.